The van der Waals surface area contributed by atoms with Crippen LogP contribution in [0.25, 0.3) is 0 Å². The van der Waals surface area contributed by atoms with Gasteiger partial charge in [-0.1, -0.05) is 11.6 Å². The lowest BCUT2D eigenvalue weighted by atomic mass is 10.4. The van der Waals surface area contributed by atoms with E-state index >= 15 is 0 Å². The Labute approximate surface area is 120 Å². The number of nitrogens with one attached hydrogen (secondary N) is 1. The number of sulfonamides is 1. The van der Waals surface area contributed by atoms with Crippen LogP contribution in [0.2, 0.25) is 5.02 Å². The highest BCUT2D eigenvalue weighted by molar-refractivity contribution is 9.10. The van der Waals surface area contributed by atoms with E-state index in [2.05, 4.69) is 20.7 Å². The van der Waals surface area contributed by atoms with Crippen LogP contribution in [0.1, 0.15) is 0 Å². The fourth-order valence-corrected chi connectivity index (χ4v) is 2.86. The smallest absolute Gasteiger partial charge is 0.240 e. The van der Waals surface area contributed by atoms with Crippen molar-refractivity contribution in [3.63, 3.8) is 0 Å². The van der Waals surface area contributed by atoms with Crippen molar-refractivity contribution in [2.45, 2.75) is 11.2 Å². The van der Waals surface area contributed by atoms with Crippen LogP contribution >= 0.6 is 27.5 Å². The van der Waals surface area contributed by atoms with Crippen molar-refractivity contribution in [1.82, 2.24) is 4.72 Å². The third kappa shape index (κ3) is 4.18. The van der Waals surface area contributed by atoms with Gasteiger partial charge in [-0.3, -0.25) is 0 Å². The van der Waals surface area contributed by atoms with E-state index in [1.807, 2.05) is 0 Å². The first-order chi connectivity index (χ1) is 8.40. The Kier molecular flexibility index (Phi) is 6.03. The monoisotopic (exact) mass is 357 g/mol. The molecule has 18 heavy (non-hydrogen) atoms. The molecule has 1 rings (SSSR count). The number of benzene rings is 1. The molecule has 0 unspecified atom stereocenters. The largest absolute Gasteiger partial charge is 0.355 e. The van der Waals surface area contributed by atoms with Gasteiger partial charge in [0, 0.05) is 18.7 Å². The Morgan fingerprint density at radius 1 is 1.39 bits per heavy atom. The zero-order chi connectivity index (χ0) is 13.8. The minimum atomic E-state index is -3.61. The molecule has 0 atom stereocenters. The van der Waals surface area contributed by atoms with Gasteiger partial charge in [-0.2, -0.15) is 0 Å². The molecule has 1 aromatic carbocycles. The fourth-order valence-electron chi connectivity index (χ4n) is 1.17. The molecule has 0 aliphatic rings. The van der Waals surface area contributed by atoms with Crippen LogP contribution in [0.3, 0.4) is 0 Å². The van der Waals surface area contributed by atoms with Gasteiger partial charge in [0.25, 0.3) is 0 Å². The molecule has 0 heterocycles. The molecule has 0 aromatic heterocycles. The highest BCUT2D eigenvalue weighted by atomic mass is 79.9. The van der Waals surface area contributed by atoms with Crippen LogP contribution in [0.4, 0.5) is 0 Å². The van der Waals surface area contributed by atoms with Crippen LogP contribution in [0, 0.1) is 0 Å². The van der Waals surface area contributed by atoms with Crippen molar-refractivity contribution in [2.24, 2.45) is 0 Å². The predicted octanol–water partition coefficient (Wildman–Crippen LogP) is 2.00. The van der Waals surface area contributed by atoms with E-state index in [9.17, 15) is 8.42 Å². The van der Waals surface area contributed by atoms with E-state index in [0.29, 0.717) is 9.50 Å². The first-order valence-corrected chi connectivity index (χ1v) is 7.56. The Hall–Kier alpha value is -0.180. The van der Waals surface area contributed by atoms with Crippen molar-refractivity contribution >= 4 is 37.6 Å². The molecular formula is C10H13BrClNO4S. The summed E-state index contributed by atoms with van der Waals surface area (Å²) in [5.74, 6) is 0. The van der Waals surface area contributed by atoms with Gasteiger partial charge >= 0.3 is 0 Å². The number of rotatable bonds is 6. The van der Waals surface area contributed by atoms with Gasteiger partial charge in [0.2, 0.25) is 10.0 Å². The number of hydrogen-bond donors (Lipinski definition) is 1. The van der Waals surface area contributed by atoms with Gasteiger partial charge in [0.05, 0.1) is 16.5 Å². The van der Waals surface area contributed by atoms with E-state index in [4.69, 9.17) is 21.1 Å². The van der Waals surface area contributed by atoms with Gasteiger partial charge in [0.1, 0.15) is 0 Å². The summed E-state index contributed by atoms with van der Waals surface area (Å²) >= 11 is 8.97. The van der Waals surface area contributed by atoms with Crippen molar-refractivity contribution in [2.75, 3.05) is 20.8 Å². The molecular weight excluding hydrogens is 346 g/mol. The first kappa shape index (κ1) is 15.9. The van der Waals surface area contributed by atoms with Crippen LogP contribution in [0.15, 0.2) is 27.6 Å². The van der Waals surface area contributed by atoms with E-state index in [1.165, 1.54) is 32.4 Å². The van der Waals surface area contributed by atoms with Crippen LogP contribution in [-0.2, 0) is 19.5 Å². The molecule has 0 fully saturated rings. The molecule has 8 heteroatoms. The lowest BCUT2D eigenvalue weighted by Gasteiger charge is -2.14. The fraction of sp³-hybridized carbons (Fsp3) is 0.400. The summed E-state index contributed by atoms with van der Waals surface area (Å²) in [7, 11) is -0.750. The number of ether oxygens (including phenoxy) is 2. The Balaban J connectivity index is 2.83. The molecule has 0 spiro atoms. The summed E-state index contributed by atoms with van der Waals surface area (Å²) in [6.07, 6.45) is -0.629. The molecule has 0 saturated heterocycles. The number of methoxy groups -OCH3 is 2. The van der Waals surface area contributed by atoms with Gasteiger partial charge in [-0.05, 0) is 34.1 Å². The molecule has 0 aliphatic carbocycles. The summed E-state index contributed by atoms with van der Waals surface area (Å²) in [6.45, 7) is 0.0234. The third-order valence-corrected chi connectivity index (χ3v) is 4.80. The topological polar surface area (TPSA) is 64.6 Å². The van der Waals surface area contributed by atoms with Crippen LogP contribution in [0.5, 0.6) is 0 Å². The second-order valence-corrected chi connectivity index (χ2v) is 6.36. The zero-order valence-corrected chi connectivity index (χ0v) is 13.0. The maximum atomic E-state index is 11.9. The van der Waals surface area contributed by atoms with Crippen molar-refractivity contribution in [1.29, 1.82) is 0 Å². The van der Waals surface area contributed by atoms with E-state index in [1.54, 1.807) is 0 Å². The second-order valence-electron chi connectivity index (χ2n) is 3.33. The van der Waals surface area contributed by atoms with E-state index < -0.39 is 16.3 Å². The van der Waals surface area contributed by atoms with E-state index in [-0.39, 0.29) is 11.4 Å². The average Bonchev–Trinajstić information content (AvgIpc) is 2.33. The standard InChI is InChI=1S/C10H13BrClNO4S/c1-16-10(17-2)6-13-18(14,15)7-3-4-9(12)8(11)5-7/h3-5,10,13H,6H2,1-2H3. The summed E-state index contributed by atoms with van der Waals surface area (Å²) < 4.78 is 36.6. The minimum Gasteiger partial charge on any atom is -0.355 e. The molecule has 0 aliphatic heterocycles. The third-order valence-electron chi connectivity index (χ3n) is 2.17. The summed E-state index contributed by atoms with van der Waals surface area (Å²) in [5, 5.41) is 0.445. The predicted molar refractivity (Wildman–Crippen MR) is 72.1 cm³/mol. The van der Waals surface area contributed by atoms with Gasteiger partial charge in [-0.15, -0.1) is 0 Å². The highest BCUT2D eigenvalue weighted by Gasteiger charge is 2.17. The van der Waals surface area contributed by atoms with Gasteiger partial charge in [-0.25, -0.2) is 13.1 Å². The Bertz CT molecular complexity index is 505. The lowest BCUT2D eigenvalue weighted by Crippen LogP contribution is -2.34. The SMILES string of the molecule is COC(CNS(=O)(=O)c1ccc(Cl)c(Br)c1)OC. The minimum absolute atomic E-state index is 0.0234. The van der Waals surface area contributed by atoms with Crippen molar-refractivity contribution < 1.29 is 17.9 Å². The van der Waals surface area contributed by atoms with Gasteiger partial charge in [0.15, 0.2) is 6.29 Å². The maximum Gasteiger partial charge on any atom is 0.240 e. The van der Waals surface area contributed by atoms with Gasteiger partial charge < -0.3 is 9.47 Å². The molecule has 0 radical (unpaired) electrons. The lowest BCUT2D eigenvalue weighted by molar-refractivity contribution is -0.0960. The Morgan fingerprint density at radius 3 is 2.50 bits per heavy atom. The van der Waals surface area contributed by atoms with Crippen molar-refractivity contribution in [3.05, 3.63) is 27.7 Å². The van der Waals surface area contributed by atoms with Crippen LogP contribution < -0.4 is 4.72 Å². The first-order valence-electron chi connectivity index (χ1n) is 4.91. The highest BCUT2D eigenvalue weighted by Crippen LogP contribution is 2.25. The number of hydrogen-bond acceptors (Lipinski definition) is 4. The number of halogens is 2. The summed E-state index contributed by atoms with van der Waals surface area (Å²) in [4.78, 5) is 0.115. The molecule has 0 amide bonds. The molecule has 0 saturated carbocycles. The molecule has 0 bridgehead atoms. The molecule has 1 N–H and O–H groups in total. The maximum absolute atomic E-state index is 11.9. The molecule has 5 nitrogen and oxygen atoms in total. The zero-order valence-electron chi connectivity index (χ0n) is 9.81. The average molecular weight is 359 g/mol. The second kappa shape index (κ2) is 6.83. The van der Waals surface area contributed by atoms with E-state index in [0.717, 1.165) is 0 Å². The molecule has 102 valence electrons. The van der Waals surface area contributed by atoms with Crippen LogP contribution in [-0.4, -0.2) is 35.5 Å². The molecule has 1 aromatic rings. The summed E-state index contributed by atoms with van der Waals surface area (Å²) in [5.41, 5.74) is 0. The van der Waals surface area contributed by atoms with Crippen molar-refractivity contribution in [3.8, 4) is 0 Å². The normalized spacial score (nSPS) is 12.1. The Morgan fingerprint density at radius 2 is 2.00 bits per heavy atom. The summed E-state index contributed by atoms with van der Waals surface area (Å²) in [6, 6.07) is 4.35. The quantitative estimate of drug-likeness (QED) is 0.790.